The van der Waals surface area contributed by atoms with Crippen molar-refractivity contribution in [2.45, 2.75) is 39.7 Å². The third kappa shape index (κ3) is 4.37. The molecule has 2 aromatic heterocycles. The number of amides is 1. The lowest BCUT2D eigenvalue weighted by Gasteiger charge is -2.40. The zero-order chi connectivity index (χ0) is 23.8. The molecule has 1 N–H and O–H groups in total. The molecule has 1 aliphatic rings. The first-order valence-corrected chi connectivity index (χ1v) is 11.9. The number of fused-ring (bicyclic) bond motifs is 1. The van der Waals surface area contributed by atoms with E-state index >= 15 is 0 Å². The monoisotopic (exact) mass is 478 g/mol. The molecule has 1 amide bonds. The number of aryl methyl sites for hydroxylation is 2. The number of hydrogen-bond donors (Lipinski definition) is 1. The molecule has 0 radical (unpaired) electrons. The van der Waals surface area contributed by atoms with Gasteiger partial charge in [-0.25, -0.2) is 0 Å². The molecule has 8 nitrogen and oxygen atoms in total. The summed E-state index contributed by atoms with van der Waals surface area (Å²) in [5.41, 5.74) is 4.47. The number of aromatic nitrogens is 4. The molecule has 0 saturated carbocycles. The van der Waals surface area contributed by atoms with Gasteiger partial charge in [-0.3, -0.25) is 4.79 Å². The first-order valence-electron chi connectivity index (χ1n) is 11.5. The first kappa shape index (κ1) is 22.4. The van der Waals surface area contributed by atoms with Gasteiger partial charge in [0, 0.05) is 24.2 Å². The average molecular weight is 479 g/mol. The van der Waals surface area contributed by atoms with Crippen molar-refractivity contribution < 1.29 is 9.21 Å². The van der Waals surface area contributed by atoms with E-state index in [2.05, 4.69) is 27.4 Å². The topological polar surface area (TPSA) is 89.1 Å². The van der Waals surface area contributed by atoms with Crippen molar-refractivity contribution in [3.63, 3.8) is 0 Å². The third-order valence-electron chi connectivity index (χ3n) is 6.39. The van der Waals surface area contributed by atoms with Crippen LogP contribution in [0.15, 0.2) is 47.0 Å². The molecule has 2 aromatic carbocycles. The third-order valence-corrected chi connectivity index (χ3v) is 6.63. The standard InChI is InChI=1S/C25H27ClN6O2/c1-15-6-9-21(32-28-13-17(3)30-32)19(11-15)24(33)31-10-4-5-16(2)22(31)14-27-25-29-20-8-7-18(26)12-23(20)34-25/h6-9,11-13,16,22H,4-5,10,14H2,1-3H3,(H,27,29)/t16-,22-/m1/s1. The van der Waals surface area contributed by atoms with E-state index in [1.165, 1.54) is 4.80 Å². The Balaban J connectivity index is 1.41. The first-order chi connectivity index (χ1) is 16.4. The molecular formula is C25H27ClN6O2. The van der Waals surface area contributed by atoms with Crippen LogP contribution in [0.3, 0.4) is 0 Å². The van der Waals surface area contributed by atoms with Gasteiger partial charge in [-0.15, -0.1) is 0 Å². The molecule has 4 aromatic rings. The lowest BCUT2D eigenvalue weighted by Crippen LogP contribution is -2.51. The van der Waals surface area contributed by atoms with E-state index in [1.807, 2.05) is 43.0 Å². The molecule has 1 saturated heterocycles. The number of hydrogen-bond acceptors (Lipinski definition) is 6. The zero-order valence-electron chi connectivity index (χ0n) is 19.5. The largest absolute Gasteiger partial charge is 0.424 e. The highest BCUT2D eigenvalue weighted by atomic mass is 35.5. The van der Waals surface area contributed by atoms with Crippen molar-refractivity contribution >= 4 is 34.6 Å². The minimum absolute atomic E-state index is 0.0134. The van der Waals surface area contributed by atoms with Gasteiger partial charge < -0.3 is 14.6 Å². The number of nitrogens with one attached hydrogen (secondary N) is 1. The smallest absolute Gasteiger partial charge is 0.295 e. The number of piperidine rings is 1. The van der Waals surface area contributed by atoms with E-state index < -0.39 is 0 Å². The zero-order valence-corrected chi connectivity index (χ0v) is 20.2. The molecular weight excluding hydrogens is 452 g/mol. The van der Waals surface area contributed by atoms with Crippen LogP contribution in [0.2, 0.25) is 5.02 Å². The Hall–Kier alpha value is -3.39. The van der Waals surface area contributed by atoms with Crippen LogP contribution in [-0.4, -0.2) is 49.9 Å². The highest BCUT2D eigenvalue weighted by Crippen LogP contribution is 2.28. The Bertz CT molecular complexity index is 1350. The van der Waals surface area contributed by atoms with E-state index in [-0.39, 0.29) is 11.9 Å². The van der Waals surface area contributed by atoms with Crippen molar-refractivity contribution in [1.82, 2.24) is 24.9 Å². The Morgan fingerprint density at radius 3 is 2.88 bits per heavy atom. The molecule has 3 heterocycles. The SMILES string of the molecule is Cc1ccc(-n2ncc(C)n2)c(C(=O)N2CCC[C@@H](C)[C@H]2CNc2nc3ccc(Cl)cc3o2)c1. The van der Waals surface area contributed by atoms with Gasteiger partial charge in [0.1, 0.15) is 5.52 Å². The Morgan fingerprint density at radius 2 is 2.09 bits per heavy atom. The summed E-state index contributed by atoms with van der Waals surface area (Å²) in [7, 11) is 0. The number of anilines is 1. The summed E-state index contributed by atoms with van der Waals surface area (Å²) in [5, 5.41) is 12.7. The van der Waals surface area contributed by atoms with Crippen LogP contribution < -0.4 is 5.32 Å². The lowest BCUT2D eigenvalue weighted by atomic mass is 9.90. The van der Waals surface area contributed by atoms with Gasteiger partial charge in [0.2, 0.25) is 0 Å². The van der Waals surface area contributed by atoms with Gasteiger partial charge in [-0.2, -0.15) is 20.0 Å². The molecule has 0 aliphatic carbocycles. The number of oxazole rings is 1. The predicted molar refractivity (Wildman–Crippen MR) is 132 cm³/mol. The quantitative estimate of drug-likeness (QED) is 0.432. The fourth-order valence-corrected chi connectivity index (χ4v) is 4.75. The predicted octanol–water partition coefficient (Wildman–Crippen LogP) is 5.03. The second kappa shape index (κ2) is 9.10. The van der Waals surface area contributed by atoms with E-state index in [0.29, 0.717) is 46.9 Å². The maximum absolute atomic E-state index is 13.9. The number of halogens is 1. The Morgan fingerprint density at radius 1 is 1.24 bits per heavy atom. The van der Waals surface area contributed by atoms with Crippen molar-refractivity contribution in [3.8, 4) is 5.69 Å². The van der Waals surface area contributed by atoms with Gasteiger partial charge in [-0.05, 0) is 56.9 Å². The number of carbonyl (C=O) groups excluding carboxylic acids is 1. The summed E-state index contributed by atoms with van der Waals surface area (Å²) in [6.07, 6.45) is 3.71. The van der Waals surface area contributed by atoms with E-state index in [0.717, 1.165) is 29.6 Å². The molecule has 34 heavy (non-hydrogen) atoms. The summed E-state index contributed by atoms with van der Waals surface area (Å²) < 4.78 is 5.82. The van der Waals surface area contributed by atoms with E-state index in [9.17, 15) is 4.79 Å². The minimum Gasteiger partial charge on any atom is -0.424 e. The van der Waals surface area contributed by atoms with Gasteiger partial charge in [0.25, 0.3) is 11.9 Å². The summed E-state index contributed by atoms with van der Waals surface area (Å²) >= 11 is 6.06. The average Bonchev–Trinajstić information content (AvgIpc) is 3.43. The van der Waals surface area contributed by atoms with Crippen LogP contribution in [0.5, 0.6) is 0 Å². The van der Waals surface area contributed by atoms with E-state index in [1.54, 1.807) is 18.3 Å². The summed E-state index contributed by atoms with van der Waals surface area (Å²) in [6.45, 7) is 7.28. The van der Waals surface area contributed by atoms with Crippen molar-refractivity contribution in [2.24, 2.45) is 5.92 Å². The number of likely N-dealkylation sites (tertiary alicyclic amines) is 1. The molecule has 0 spiro atoms. The molecule has 1 aliphatic heterocycles. The van der Waals surface area contributed by atoms with Gasteiger partial charge in [0.05, 0.1) is 29.2 Å². The van der Waals surface area contributed by atoms with E-state index in [4.69, 9.17) is 16.0 Å². The summed E-state index contributed by atoms with van der Waals surface area (Å²) in [5.74, 6) is 0.304. The number of rotatable bonds is 5. The van der Waals surface area contributed by atoms with Crippen LogP contribution in [0, 0.1) is 19.8 Å². The van der Waals surface area contributed by atoms with Crippen LogP contribution >= 0.6 is 11.6 Å². The molecule has 0 unspecified atom stereocenters. The highest BCUT2D eigenvalue weighted by Gasteiger charge is 2.34. The number of nitrogens with zero attached hydrogens (tertiary/aromatic N) is 5. The van der Waals surface area contributed by atoms with Crippen LogP contribution in [0.25, 0.3) is 16.8 Å². The maximum Gasteiger partial charge on any atom is 0.295 e. The van der Waals surface area contributed by atoms with Gasteiger partial charge in [0.15, 0.2) is 5.58 Å². The Kier molecular flexibility index (Phi) is 6.00. The lowest BCUT2D eigenvalue weighted by molar-refractivity contribution is 0.0539. The molecule has 1 fully saturated rings. The summed E-state index contributed by atoms with van der Waals surface area (Å²) in [4.78, 5) is 21.9. The fourth-order valence-electron chi connectivity index (χ4n) is 4.58. The molecule has 2 atom stereocenters. The number of benzene rings is 2. The molecule has 176 valence electrons. The normalized spacial score (nSPS) is 18.4. The van der Waals surface area contributed by atoms with Gasteiger partial charge >= 0.3 is 0 Å². The van der Waals surface area contributed by atoms with Crippen LogP contribution in [0.4, 0.5) is 6.01 Å². The number of carbonyl (C=O) groups is 1. The maximum atomic E-state index is 13.9. The van der Waals surface area contributed by atoms with Crippen molar-refractivity contribution in [1.29, 1.82) is 0 Å². The fraction of sp³-hybridized carbons (Fsp3) is 0.360. The molecule has 0 bridgehead atoms. The summed E-state index contributed by atoms with van der Waals surface area (Å²) in [6, 6.07) is 11.6. The van der Waals surface area contributed by atoms with Crippen LogP contribution in [0.1, 0.15) is 41.4 Å². The molecule has 5 rings (SSSR count). The Labute approximate surface area is 202 Å². The second-order valence-corrected chi connectivity index (χ2v) is 9.43. The van der Waals surface area contributed by atoms with Crippen LogP contribution in [-0.2, 0) is 0 Å². The van der Waals surface area contributed by atoms with Gasteiger partial charge in [-0.1, -0.05) is 30.2 Å². The molecule has 9 heteroatoms. The second-order valence-electron chi connectivity index (χ2n) is 8.99. The van der Waals surface area contributed by atoms with Crippen molar-refractivity contribution in [3.05, 3.63) is 64.4 Å². The highest BCUT2D eigenvalue weighted by molar-refractivity contribution is 6.31. The minimum atomic E-state index is -0.0173. The van der Waals surface area contributed by atoms with Crippen molar-refractivity contribution in [2.75, 3.05) is 18.4 Å².